The van der Waals surface area contributed by atoms with Crippen LogP contribution in [0.2, 0.25) is 0 Å². The minimum atomic E-state index is -0.217. The number of nitrogens with one attached hydrogen (secondary N) is 1. The van der Waals surface area contributed by atoms with Gasteiger partial charge in [-0.25, -0.2) is 0 Å². The number of hydrogen-bond donors (Lipinski definition) is 2. The van der Waals surface area contributed by atoms with E-state index in [1.54, 1.807) is 36.4 Å². The molecule has 0 saturated carbocycles. The summed E-state index contributed by atoms with van der Waals surface area (Å²) in [6, 6.07) is 10.6. The Morgan fingerprint density at radius 1 is 1.18 bits per heavy atom. The van der Waals surface area contributed by atoms with Crippen molar-refractivity contribution in [3.8, 4) is 11.8 Å². The van der Waals surface area contributed by atoms with Gasteiger partial charge in [-0.05, 0) is 73.8 Å². The first-order valence-electron chi connectivity index (χ1n) is 6.25. The van der Waals surface area contributed by atoms with Gasteiger partial charge in [0, 0.05) is 16.8 Å². The summed E-state index contributed by atoms with van der Waals surface area (Å²) in [7, 11) is 0. The van der Waals surface area contributed by atoms with Gasteiger partial charge in [0.2, 0.25) is 0 Å². The molecule has 1 aliphatic heterocycles. The number of amides is 1. The number of phenols is 1. The van der Waals surface area contributed by atoms with Crippen LogP contribution in [-0.2, 0) is 4.79 Å². The Morgan fingerprint density at radius 2 is 1.86 bits per heavy atom. The molecule has 0 atom stereocenters. The molecule has 4 nitrogen and oxygen atoms in total. The minimum absolute atomic E-state index is 0.102. The van der Waals surface area contributed by atoms with Crippen LogP contribution in [0.1, 0.15) is 16.7 Å². The molecule has 0 unspecified atom stereocenters. The molecule has 1 aliphatic rings. The molecule has 1 amide bonds. The first-order chi connectivity index (χ1) is 10.5. The number of nitriles is 1. The predicted octanol–water partition coefficient (Wildman–Crippen LogP) is 4.28. The lowest BCUT2D eigenvalue weighted by atomic mass is 10.0. The van der Waals surface area contributed by atoms with Gasteiger partial charge in [-0.2, -0.15) is 5.26 Å². The Kier molecular flexibility index (Phi) is 3.77. The summed E-state index contributed by atoms with van der Waals surface area (Å²) < 4.78 is 1.05. The fourth-order valence-corrected chi connectivity index (χ4v) is 3.46. The highest BCUT2D eigenvalue weighted by Crippen LogP contribution is 2.37. The van der Waals surface area contributed by atoms with Crippen LogP contribution in [0.25, 0.3) is 11.6 Å². The van der Waals surface area contributed by atoms with Crippen LogP contribution in [0, 0.1) is 11.3 Å². The average Bonchev–Trinajstić information content (AvgIpc) is 2.80. The monoisotopic (exact) mass is 418 g/mol. The van der Waals surface area contributed by atoms with E-state index in [0.29, 0.717) is 31.3 Å². The van der Waals surface area contributed by atoms with E-state index in [9.17, 15) is 9.90 Å². The van der Waals surface area contributed by atoms with E-state index < -0.39 is 0 Å². The number of hydrogen-bond acceptors (Lipinski definition) is 3. The molecule has 1 heterocycles. The van der Waals surface area contributed by atoms with E-state index in [-0.39, 0.29) is 11.7 Å². The van der Waals surface area contributed by atoms with Gasteiger partial charge in [0.25, 0.3) is 5.91 Å². The van der Waals surface area contributed by atoms with Crippen LogP contribution in [-0.4, -0.2) is 11.0 Å². The number of benzene rings is 2. The zero-order valence-electron chi connectivity index (χ0n) is 11.0. The van der Waals surface area contributed by atoms with Crippen molar-refractivity contribution in [3.63, 3.8) is 0 Å². The fourth-order valence-electron chi connectivity index (χ4n) is 2.24. The summed E-state index contributed by atoms with van der Waals surface area (Å²) in [4.78, 5) is 12.1. The number of halogens is 2. The lowest BCUT2D eigenvalue weighted by molar-refractivity contribution is -0.110. The van der Waals surface area contributed by atoms with Gasteiger partial charge >= 0.3 is 0 Å². The molecule has 0 aliphatic carbocycles. The molecule has 0 radical (unpaired) electrons. The normalized spacial score (nSPS) is 14.6. The van der Waals surface area contributed by atoms with Crippen molar-refractivity contribution in [2.75, 3.05) is 5.32 Å². The minimum Gasteiger partial charge on any atom is -0.506 e. The van der Waals surface area contributed by atoms with Crippen LogP contribution in [0.4, 0.5) is 5.69 Å². The third-order valence-electron chi connectivity index (χ3n) is 3.28. The van der Waals surface area contributed by atoms with Crippen LogP contribution < -0.4 is 5.32 Å². The maximum atomic E-state index is 12.1. The third-order valence-corrected chi connectivity index (χ3v) is 4.49. The summed E-state index contributed by atoms with van der Waals surface area (Å²) >= 11 is 6.53. The second-order valence-corrected chi connectivity index (χ2v) is 6.43. The Labute approximate surface area is 143 Å². The molecule has 0 saturated heterocycles. The molecular formula is C16H8Br2N2O2. The van der Waals surface area contributed by atoms with Crippen molar-refractivity contribution in [2.45, 2.75) is 0 Å². The summed E-state index contributed by atoms with van der Waals surface area (Å²) in [6.45, 7) is 0. The number of rotatable bonds is 1. The van der Waals surface area contributed by atoms with Crippen molar-refractivity contribution in [1.29, 1.82) is 5.26 Å². The lowest BCUT2D eigenvalue weighted by Crippen LogP contribution is -2.03. The van der Waals surface area contributed by atoms with Crippen molar-refractivity contribution < 1.29 is 9.90 Å². The van der Waals surface area contributed by atoms with Crippen LogP contribution in [0.3, 0.4) is 0 Å². The molecule has 3 rings (SSSR count). The highest BCUT2D eigenvalue weighted by atomic mass is 79.9. The molecule has 0 bridgehead atoms. The van der Waals surface area contributed by atoms with E-state index in [2.05, 4.69) is 43.2 Å². The van der Waals surface area contributed by atoms with Gasteiger partial charge in [-0.15, -0.1) is 0 Å². The second-order valence-electron chi connectivity index (χ2n) is 4.72. The number of carbonyl (C=O) groups is 1. The molecule has 0 spiro atoms. The number of aromatic hydroxyl groups is 1. The molecule has 2 aromatic carbocycles. The first kappa shape index (κ1) is 14.8. The van der Waals surface area contributed by atoms with E-state index in [1.165, 1.54) is 0 Å². The number of phenolic OH excluding ortho intramolecular Hbond substituents is 1. The molecule has 108 valence electrons. The van der Waals surface area contributed by atoms with Crippen molar-refractivity contribution in [3.05, 3.63) is 56.0 Å². The van der Waals surface area contributed by atoms with E-state index in [0.717, 1.165) is 5.56 Å². The van der Waals surface area contributed by atoms with Gasteiger partial charge in [0.1, 0.15) is 5.75 Å². The van der Waals surface area contributed by atoms with Crippen molar-refractivity contribution in [2.24, 2.45) is 0 Å². The summed E-state index contributed by atoms with van der Waals surface area (Å²) in [6.07, 6.45) is 1.72. The Bertz CT molecular complexity index is 859. The Balaban J connectivity index is 2.14. The van der Waals surface area contributed by atoms with Gasteiger partial charge in [0.15, 0.2) is 0 Å². The number of fused-ring (bicyclic) bond motifs is 1. The Hall–Kier alpha value is -2.10. The van der Waals surface area contributed by atoms with Crippen LogP contribution >= 0.6 is 31.9 Å². The SMILES string of the molecule is N#Cc1ccc2c(c1)/C(=C/c1cc(Br)c(O)c(Br)c1)C(=O)N2. The Morgan fingerprint density at radius 3 is 2.50 bits per heavy atom. The van der Waals surface area contributed by atoms with Crippen molar-refractivity contribution in [1.82, 2.24) is 0 Å². The molecule has 0 fully saturated rings. The molecule has 2 aromatic rings. The molecule has 6 heteroatoms. The molecule has 2 N–H and O–H groups in total. The van der Waals surface area contributed by atoms with Crippen LogP contribution in [0.15, 0.2) is 39.3 Å². The van der Waals surface area contributed by atoms with Gasteiger partial charge < -0.3 is 10.4 Å². The smallest absolute Gasteiger partial charge is 0.256 e. The highest BCUT2D eigenvalue weighted by Gasteiger charge is 2.24. The molecule has 22 heavy (non-hydrogen) atoms. The third kappa shape index (κ3) is 2.54. The van der Waals surface area contributed by atoms with Crippen LogP contribution in [0.5, 0.6) is 5.75 Å². The summed E-state index contributed by atoms with van der Waals surface area (Å²) in [5.41, 5.74) is 3.11. The van der Waals surface area contributed by atoms with Gasteiger partial charge in [-0.3, -0.25) is 4.79 Å². The van der Waals surface area contributed by atoms with Gasteiger partial charge in [0.05, 0.1) is 20.6 Å². The van der Waals surface area contributed by atoms with E-state index in [4.69, 9.17) is 5.26 Å². The zero-order chi connectivity index (χ0) is 15.9. The summed E-state index contributed by atoms with van der Waals surface area (Å²) in [5, 5.41) is 21.5. The number of carbonyl (C=O) groups excluding carboxylic acids is 1. The highest BCUT2D eigenvalue weighted by molar-refractivity contribution is 9.11. The zero-order valence-corrected chi connectivity index (χ0v) is 14.2. The first-order valence-corrected chi connectivity index (χ1v) is 7.84. The van der Waals surface area contributed by atoms with Crippen molar-refractivity contribution >= 4 is 55.1 Å². The second kappa shape index (κ2) is 5.59. The summed E-state index contributed by atoms with van der Waals surface area (Å²) in [5.74, 6) is -0.115. The van der Waals surface area contributed by atoms with E-state index >= 15 is 0 Å². The van der Waals surface area contributed by atoms with Gasteiger partial charge in [-0.1, -0.05) is 0 Å². The maximum absolute atomic E-state index is 12.1. The average molecular weight is 420 g/mol. The lowest BCUT2D eigenvalue weighted by Gasteiger charge is -2.04. The standard InChI is InChI=1S/C16H8Br2N2O2/c17-12-5-9(6-13(18)15(12)21)4-11-10-3-8(7-19)1-2-14(10)20-16(11)22/h1-6,21H,(H,20,22)/b11-4-. The molecule has 0 aromatic heterocycles. The predicted molar refractivity (Wildman–Crippen MR) is 91.2 cm³/mol. The number of anilines is 1. The number of nitrogens with zero attached hydrogens (tertiary/aromatic N) is 1. The van der Waals surface area contributed by atoms with E-state index in [1.807, 2.05) is 0 Å². The fraction of sp³-hybridized carbons (Fsp3) is 0. The topological polar surface area (TPSA) is 73.1 Å². The quantitative estimate of drug-likeness (QED) is 0.677. The largest absolute Gasteiger partial charge is 0.506 e. The maximum Gasteiger partial charge on any atom is 0.256 e. The molecular weight excluding hydrogens is 412 g/mol.